The Morgan fingerprint density at radius 2 is 2.07 bits per heavy atom. The van der Waals surface area contributed by atoms with Gasteiger partial charge in [0.2, 0.25) is 5.06 Å². The van der Waals surface area contributed by atoms with Crippen molar-refractivity contribution in [2.24, 2.45) is 0 Å². The Morgan fingerprint density at radius 1 is 1.23 bits per heavy atom. The van der Waals surface area contributed by atoms with Crippen molar-refractivity contribution < 1.29 is 9.13 Å². The third kappa shape index (κ3) is 3.07. The van der Waals surface area contributed by atoms with Crippen molar-refractivity contribution >= 4 is 11.3 Å². The lowest BCUT2D eigenvalue weighted by atomic mass is 10.1. The molecule has 0 radical (unpaired) electrons. The maximum atomic E-state index is 14.6. The Hall–Kier alpha value is -3.77. The third-order valence-electron chi connectivity index (χ3n) is 4.97. The number of hydrogen-bond acceptors (Lipinski definition) is 6. The molecule has 1 aliphatic heterocycles. The molecule has 0 fully saturated rings. The summed E-state index contributed by atoms with van der Waals surface area (Å²) >= 11 is 1.02. The van der Waals surface area contributed by atoms with Crippen LogP contribution in [0.15, 0.2) is 59.5 Å². The fourth-order valence-electron chi connectivity index (χ4n) is 3.63. The number of nitrogens with zero attached hydrogens (tertiary/aromatic N) is 5. The highest BCUT2D eigenvalue weighted by Crippen LogP contribution is 2.31. The molecule has 0 aliphatic carbocycles. The molecule has 3 heterocycles. The smallest absolute Gasteiger partial charge is 0.351 e. The number of benzene rings is 2. The fourth-order valence-corrected chi connectivity index (χ4v) is 4.21. The quantitative estimate of drug-likeness (QED) is 0.502. The topological polar surface area (TPSA) is 85.7 Å². The highest BCUT2D eigenvalue weighted by molar-refractivity contribution is 7.13. The summed E-state index contributed by atoms with van der Waals surface area (Å²) in [5.74, 6) is 0.0243. The van der Waals surface area contributed by atoms with E-state index in [1.54, 1.807) is 10.6 Å². The molecule has 4 aromatic rings. The first-order chi connectivity index (χ1) is 14.6. The maximum absolute atomic E-state index is 14.6. The first-order valence-corrected chi connectivity index (χ1v) is 10.0. The maximum Gasteiger partial charge on any atom is 0.351 e. The van der Waals surface area contributed by atoms with E-state index in [0.29, 0.717) is 23.0 Å². The minimum absolute atomic E-state index is 0.0196. The Balaban J connectivity index is 1.46. The summed E-state index contributed by atoms with van der Waals surface area (Å²) in [5.41, 5.74) is 1.07. The molecule has 7 nitrogen and oxygen atoms in total. The Kier molecular flexibility index (Phi) is 4.41. The molecule has 148 valence electrons. The lowest BCUT2D eigenvalue weighted by Gasteiger charge is -2.12. The minimum Gasteiger partial charge on any atom is -0.442 e. The predicted octanol–water partition coefficient (Wildman–Crippen LogP) is 3.83. The number of fused-ring (bicyclic) bond motifs is 1. The summed E-state index contributed by atoms with van der Waals surface area (Å²) in [6.07, 6.45) is 2.85. The van der Waals surface area contributed by atoms with Crippen LogP contribution < -0.4 is 10.4 Å². The van der Waals surface area contributed by atoms with Crippen LogP contribution in [0.4, 0.5) is 4.39 Å². The lowest BCUT2D eigenvalue weighted by Crippen LogP contribution is -2.26. The van der Waals surface area contributed by atoms with E-state index in [-0.39, 0.29) is 22.5 Å². The van der Waals surface area contributed by atoms with Gasteiger partial charge in [0.25, 0.3) is 0 Å². The van der Waals surface area contributed by atoms with Gasteiger partial charge in [0, 0.05) is 12.5 Å². The van der Waals surface area contributed by atoms with Crippen molar-refractivity contribution in [3.63, 3.8) is 0 Å². The summed E-state index contributed by atoms with van der Waals surface area (Å²) in [6.45, 7) is 0. The SMILES string of the molecule is N#Cc1ncc(Oc2ccc(-n3nc4n(c3=O)[C@H](c3ccccc3)CC4)cc2F)s1. The molecule has 30 heavy (non-hydrogen) atoms. The molecule has 0 spiro atoms. The van der Waals surface area contributed by atoms with Gasteiger partial charge in [0.1, 0.15) is 11.9 Å². The molecule has 1 aliphatic rings. The number of aromatic nitrogens is 4. The Bertz CT molecular complexity index is 1340. The van der Waals surface area contributed by atoms with Crippen LogP contribution in [0.2, 0.25) is 0 Å². The van der Waals surface area contributed by atoms with Crippen molar-refractivity contribution in [1.82, 2.24) is 19.3 Å². The van der Waals surface area contributed by atoms with E-state index < -0.39 is 5.82 Å². The second kappa shape index (κ2) is 7.24. The summed E-state index contributed by atoms with van der Waals surface area (Å²) in [7, 11) is 0. The predicted molar refractivity (Wildman–Crippen MR) is 108 cm³/mol. The Labute approximate surface area is 174 Å². The van der Waals surface area contributed by atoms with Crippen LogP contribution in [-0.4, -0.2) is 19.3 Å². The molecule has 0 N–H and O–H groups in total. The molecule has 2 aromatic carbocycles. The van der Waals surface area contributed by atoms with Crippen LogP contribution in [0.3, 0.4) is 0 Å². The van der Waals surface area contributed by atoms with Crippen LogP contribution in [0.25, 0.3) is 5.69 Å². The molecule has 0 saturated carbocycles. The second-order valence-corrected chi connectivity index (χ2v) is 7.75. The molecule has 5 rings (SSSR count). The van der Waals surface area contributed by atoms with Gasteiger partial charge in [-0.05, 0) is 24.1 Å². The van der Waals surface area contributed by atoms with Crippen molar-refractivity contribution in [3.8, 4) is 22.6 Å². The van der Waals surface area contributed by atoms with E-state index in [4.69, 9.17) is 10.00 Å². The number of rotatable bonds is 4. The fraction of sp³-hybridized carbons (Fsp3) is 0.143. The van der Waals surface area contributed by atoms with Crippen LogP contribution in [-0.2, 0) is 6.42 Å². The third-order valence-corrected chi connectivity index (χ3v) is 5.75. The first kappa shape index (κ1) is 18.3. The molecule has 0 saturated heterocycles. The van der Waals surface area contributed by atoms with Gasteiger partial charge in [-0.25, -0.2) is 14.2 Å². The number of nitriles is 1. The molecule has 0 bridgehead atoms. The van der Waals surface area contributed by atoms with Gasteiger partial charge in [-0.15, -0.1) is 5.10 Å². The van der Waals surface area contributed by atoms with Crippen LogP contribution in [0.5, 0.6) is 10.8 Å². The van der Waals surface area contributed by atoms with E-state index in [0.717, 1.165) is 23.3 Å². The van der Waals surface area contributed by atoms with Crippen molar-refractivity contribution in [1.29, 1.82) is 5.26 Å². The molecule has 0 unspecified atom stereocenters. The van der Waals surface area contributed by atoms with Gasteiger partial charge in [0.05, 0.1) is 17.9 Å². The van der Waals surface area contributed by atoms with Crippen molar-refractivity contribution in [2.45, 2.75) is 18.9 Å². The van der Waals surface area contributed by atoms with Gasteiger partial charge < -0.3 is 4.74 Å². The van der Waals surface area contributed by atoms with Gasteiger partial charge in [-0.2, -0.15) is 9.94 Å². The highest BCUT2D eigenvalue weighted by Gasteiger charge is 2.29. The van der Waals surface area contributed by atoms with Crippen LogP contribution in [0.1, 0.15) is 28.9 Å². The monoisotopic (exact) mass is 419 g/mol. The molecule has 9 heteroatoms. The van der Waals surface area contributed by atoms with Crippen molar-refractivity contribution in [3.05, 3.63) is 87.4 Å². The summed E-state index contributed by atoms with van der Waals surface area (Å²) in [4.78, 5) is 16.9. The van der Waals surface area contributed by atoms with Gasteiger partial charge in [-0.3, -0.25) is 4.57 Å². The molecule has 1 atom stereocenters. The van der Waals surface area contributed by atoms with Crippen molar-refractivity contribution in [2.75, 3.05) is 0 Å². The summed E-state index contributed by atoms with van der Waals surface area (Å²) < 4.78 is 23.0. The van der Waals surface area contributed by atoms with Gasteiger partial charge in [-0.1, -0.05) is 41.7 Å². The molecular formula is C21H14FN5O2S. The van der Waals surface area contributed by atoms with Gasteiger partial charge in [0.15, 0.2) is 16.6 Å². The summed E-state index contributed by atoms with van der Waals surface area (Å²) in [5, 5.41) is 13.8. The number of aryl methyl sites for hydroxylation is 1. The van der Waals surface area contributed by atoms with Crippen LogP contribution >= 0.6 is 11.3 Å². The average molecular weight is 419 g/mol. The number of ether oxygens (including phenoxy) is 1. The van der Waals surface area contributed by atoms with E-state index >= 15 is 0 Å². The highest BCUT2D eigenvalue weighted by atomic mass is 32.1. The Morgan fingerprint density at radius 3 is 2.80 bits per heavy atom. The average Bonchev–Trinajstić information content (AvgIpc) is 3.47. The standard InChI is InChI=1S/C21H14FN5O2S/c22-15-10-14(6-8-17(15)29-20-12-24-19(11-23)30-20)27-21(28)26-16(7-9-18(26)25-27)13-4-2-1-3-5-13/h1-6,8,10,12,16H,7,9H2/t16-/m0/s1. The molecule has 0 amide bonds. The zero-order valence-corrected chi connectivity index (χ0v) is 16.3. The molecule has 2 aromatic heterocycles. The summed E-state index contributed by atoms with van der Waals surface area (Å²) in [6, 6.07) is 15.9. The first-order valence-electron chi connectivity index (χ1n) is 9.23. The molecular weight excluding hydrogens is 405 g/mol. The zero-order valence-electron chi connectivity index (χ0n) is 15.5. The number of thiazole rings is 1. The normalized spacial score (nSPS) is 15.0. The number of halogens is 1. The van der Waals surface area contributed by atoms with E-state index in [2.05, 4.69) is 10.1 Å². The zero-order chi connectivity index (χ0) is 20.7. The second-order valence-electron chi connectivity index (χ2n) is 6.76. The largest absolute Gasteiger partial charge is 0.442 e. The van der Waals surface area contributed by atoms with Crippen LogP contribution in [0, 0.1) is 17.1 Å². The lowest BCUT2D eigenvalue weighted by molar-refractivity contribution is 0.451. The minimum atomic E-state index is -0.640. The van der Waals surface area contributed by atoms with Gasteiger partial charge >= 0.3 is 5.69 Å². The van der Waals surface area contributed by atoms with E-state index in [1.165, 1.54) is 23.0 Å². The number of hydrogen-bond donors (Lipinski definition) is 0. The van der Waals surface area contributed by atoms with E-state index in [1.807, 2.05) is 36.4 Å². The van der Waals surface area contributed by atoms with E-state index in [9.17, 15) is 9.18 Å².